The minimum absolute atomic E-state index is 0.519. The number of aryl methyl sites for hydroxylation is 1. The quantitative estimate of drug-likeness (QED) is 0.804. The fourth-order valence-electron chi connectivity index (χ4n) is 2.44. The van der Waals surface area contributed by atoms with Gasteiger partial charge in [0.05, 0.1) is 5.41 Å². The van der Waals surface area contributed by atoms with Crippen molar-refractivity contribution in [3.8, 4) is 0 Å². The van der Waals surface area contributed by atoms with E-state index >= 15 is 0 Å². The zero-order valence-corrected chi connectivity index (χ0v) is 8.99. The van der Waals surface area contributed by atoms with Crippen LogP contribution in [0.2, 0.25) is 0 Å². The van der Waals surface area contributed by atoms with Crippen LogP contribution in [0.5, 0.6) is 0 Å². The summed E-state index contributed by atoms with van der Waals surface area (Å²) in [6, 6.07) is 8.18. The van der Waals surface area contributed by atoms with Gasteiger partial charge in [-0.15, -0.1) is 0 Å². The fourth-order valence-corrected chi connectivity index (χ4v) is 2.44. The van der Waals surface area contributed by atoms with E-state index in [1.54, 1.807) is 0 Å². The second-order valence-electron chi connectivity index (χ2n) is 4.38. The standard InChI is InChI=1S/C13H16O2/c1-2-13(12(14)15)8-7-10-5-3-4-6-11(10)9-13/h3-6H,2,7-9H2,1H3,(H,14,15). The van der Waals surface area contributed by atoms with E-state index in [1.165, 1.54) is 11.1 Å². The number of fused-ring (bicyclic) bond motifs is 1. The van der Waals surface area contributed by atoms with Crippen molar-refractivity contribution in [2.45, 2.75) is 32.6 Å². The van der Waals surface area contributed by atoms with Gasteiger partial charge in [0.2, 0.25) is 0 Å². The Labute approximate surface area is 89.9 Å². The first-order chi connectivity index (χ1) is 7.18. The first-order valence-corrected chi connectivity index (χ1v) is 5.48. The monoisotopic (exact) mass is 204 g/mol. The summed E-state index contributed by atoms with van der Waals surface area (Å²) in [4.78, 5) is 11.3. The average molecular weight is 204 g/mol. The molecule has 1 aliphatic rings. The van der Waals surface area contributed by atoms with Gasteiger partial charge in [-0.3, -0.25) is 4.79 Å². The normalized spacial score (nSPS) is 24.6. The molecule has 0 heterocycles. The number of carboxylic acid groups (broad SMARTS) is 1. The Kier molecular flexibility index (Phi) is 2.51. The van der Waals surface area contributed by atoms with E-state index in [9.17, 15) is 9.90 Å². The van der Waals surface area contributed by atoms with Crippen LogP contribution in [0.15, 0.2) is 24.3 Å². The van der Waals surface area contributed by atoms with Crippen molar-refractivity contribution in [1.82, 2.24) is 0 Å². The van der Waals surface area contributed by atoms with Gasteiger partial charge in [-0.05, 0) is 36.8 Å². The lowest BCUT2D eigenvalue weighted by Crippen LogP contribution is -2.36. The maximum absolute atomic E-state index is 11.3. The van der Waals surface area contributed by atoms with Crippen LogP contribution in [0.4, 0.5) is 0 Å². The highest BCUT2D eigenvalue weighted by Gasteiger charge is 2.39. The minimum Gasteiger partial charge on any atom is -0.481 e. The highest BCUT2D eigenvalue weighted by atomic mass is 16.4. The van der Waals surface area contributed by atoms with Crippen LogP contribution >= 0.6 is 0 Å². The highest BCUT2D eigenvalue weighted by Crippen LogP contribution is 2.38. The van der Waals surface area contributed by atoms with Crippen molar-refractivity contribution < 1.29 is 9.90 Å². The first-order valence-electron chi connectivity index (χ1n) is 5.48. The van der Waals surface area contributed by atoms with E-state index < -0.39 is 11.4 Å². The van der Waals surface area contributed by atoms with Gasteiger partial charge >= 0.3 is 5.97 Å². The SMILES string of the molecule is CCC1(C(=O)O)CCc2ccccc2C1. The molecule has 1 aromatic carbocycles. The summed E-state index contributed by atoms with van der Waals surface area (Å²) in [6.45, 7) is 1.97. The van der Waals surface area contributed by atoms with Crippen molar-refractivity contribution >= 4 is 5.97 Å². The number of carbonyl (C=O) groups is 1. The Balaban J connectivity index is 2.35. The van der Waals surface area contributed by atoms with Crippen molar-refractivity contribution in [2.75, 3.05) is 0 Å². The molecule has 0 amide bonds. The Morgan fingerprint density at radius 2 is 2.07 bits per heavy atom. The highest BCUT2D eigenvalue weighted by molar-refractivity contribution is 5.75. The summed E-state index contributed by atoms with van der Waals surface area (Å²) in [5.74, 6) is -0.639. The van der Waals surface area contributed by atoms with Crippen molar-refractivity contribution in [3.63, 3.8) is 0 Å². The van der Waals surface area contributed by atoms with Gasteiger partial charge in [-0.25, -0.2) is 0 Å². The molecule has 0 fully saturated rings. The van der Waals surface area contributed by atoms with Crippen LogP contribution in [-0.2, 0) is 17.6 Å². The molecule has 0 saturated carbocycles. The van der Waals surface area contributed by atoms with Crippen molar-refractivity contribution in [1.29, 1.82) is 0 Å². The Morgan fingerprint density at radius 3 is 2.67 bits per heavy atom. The van der Waals surface area contributed by atoms with Gasteiger partial charge in [-0.2, -0.15) is 0 Å². The summed E-state index contributed by atoms with van der Waals surface area (Å²) >= 11 is 0. The van der Waals surface area contributed by atoms with E-state index in [0.717, 1.165) is 19.3 Å². The molecule has 2 heteroatoms. The molecule has 0 aromatic heterocycles. The molecule has 1 atom stereocenters. The van der Waals surface area contributed by atoms with Gasteiger partial charge in [0.25, 0.3) is 0 Å². The zero-order chi connectivity index (χ0) is 10.9. The van der Waals surface area contributed by atoms with Crippen LogP contribution in [0.25, 0.3) is 0 Å². The van der Waals surface area contributed by atoms with Crippen LogP contribution < -0.4 is 0 Å². The van der Waals surface area contributed by atoms with Crippen LogP contribution in [0, 0.1) is 5.41 Å². The molecule has 2 rings (SSSR count). The minimum atomic E-state index is -0.639. The molecule has 1 aliphatic carbocycles. The van der Waals surface area contributed by atoms with E-state index in [0.29, 0.717) is 6.42 Å². The van der Waals surface area contributed by atoms with Gasteiger partial charge in [-0.1, -0.05) is 31.2 Å². The van der Waals surface area contributed by atoms with E-state index in [1.807, 2.05) is 19.1 Å². The summed E-state index contributed by atoms with van der Waals surface area (Å²) in [7, 11) is 0. The predicted octanol–water partition coefficient (Wildman–Crippen LogP) is 2.66. The number of carboxylic acids is 1. The molecule has 1 N–H and O–H groups in total. The second-order valence-corrected chi connectivity index (χ2v) is 4.38. The summed E-state index contributed by atoms with van der Waals surface area (Å²) < 4.78 is 0. The maximum Gasteiger partial charge on any atom is 0.309 e. The molecular weight excluding hydrogens is 188 g/mol. The molecule has 1 aromatic rings. The number of benzene rings is 1. The maximum atomic E-state index is 11.3. The first kappa shape index (κ1) is 10.2. The molecule has 15 heavy (non-hydrogen) atoms. The van der Waals surface area contributed by atoms with Gasteiger partial charge in [0.1, 0.15) is 0 Å². The third-order valence-electron chi connectivity index (χ3n) is 3.65. The molecular formula is C13H16O2. The van der Waals surface area contributed by atoms with E-state index in [2.05, 4.69) is 12.1 Å². The Morgan fingerprint density at radius 1 is 1.40 bits per heavy atom. The molecule has 0 spiro atoms. The molecule has 0 aliphatic heterocycles. The number of aliphatic carboxylic acids is 1. The zero-order valence-electron chi connectivity index (χ0n) is 8.99. The van der Waals surface area contributed by atoms with E-state index in [4.69, 9.17) is 0 Å². The number of hydrogen-bond acceptors (Lipinski definition) is 1. The van der Waals surface area contributed by atoms with Gasteiger partial charge < -0.3 is 5.11 Å². The Hall–Kier alpha value is -1.31. The number of rotatable bonds is 2. The second kappa shape index (κ2) is 3.69. The van der Waals surface area contributed by atoms with E-state index in [-0.39, 0.29) is 0 Å². The van der Waals surface area contributed by atoms with Gasteiger partial charge in [0.15, 0.2) is 0 Å². The smallest absolute Gasteiger partial charge is 0.309 e. The van der Waals surface area contributed by atoms with Crippen LogP contribution in [0.1, 0.15) is 30.9 Å². The van der Waals surface area contributed by atoms with Crippen molar-refractivity contribution in [2.24, 2.45) is 5.41 Å². The molecule has 1 unspecified atom stereocenters. The summed E-state index contributed by atoms with van der Waals surface area (Å²) in [5, 5.41) is 9.31. The molecule has 80 valence electrons. The third kappa shape index (κ3) is 1.65. The Bertz CT molecular complexity index is 384. The molecule has 2 nitrogen and oxygen atoms in total. The topological polar surface area (TPSA) is 37.3 Å². The lowest BCUT2D eigenvalue weighted by Gasteiger charge is -2.33. The molecule has 0 bridgehead atoms. The molecule has 0 saturated heterocycles. The third-order valence-corrected chi connectivity index (χ3v) is 3.65. The van der Waals surface area contributed by atoms with Gasteiger partial charge in [0, 0.05) is 0 Å². The lowest BCUT2D eigenvalue weighted by atomic mass is 9.70. The average Bonchev–Trinajstić information content (AvgIpc) is 2.28. The summed E-state index contributed by atoms with van der Waals surface area (Å²) in [5.41, 5.74) is 2.02. The van der Waals surface area contributed by atoms with Crippen molar-refractivity contribution in [3.05, 3.63) is 35.4 Å². The molecule has 0 radical (unpaired) electrons. The largest absolute Gasteiger partial charge is 0.481 e. The lowest BCUT2D eigenvalue weighted by molar-refractivity contribution is -0.150. The van der Waals surface area contributed by atoms with Crippen LogP contribution in [0.3, 0.4) is 0 Å². The fraction of sp³-hybridized carbons (Fsp3) is 0.462. The summed E-state index contributed by atoms with van der Waals surface area (Å²) in [6.07, 6.45) is 3.08. The number of hydrogen-bond donors (Lipinski definition) is 1. The predicted molar refractivity (Wildman–Crippen MR) is 58.8 cm³/mol. The van der Waals surface area contributed by atoms with Crippen LogP contribution in [-0.4, -0.2) is 11.1 Å².